The van der Waals surface area contributed by atoms with Gasteiger partial charge in [0.2, 0.25) is 0 Å². The first-order valence-electron chi connectivity index (χ1n) is 3.36. The molecule has 0 spiro atoms. The zero-order valence-corrected chi connectivity index (χ0v) is 10.8. The molecular weight excluding hydrogens is 339 g/mol. The van der Waals surface area contributed by atoms with Gasteiger partial charge in [0.1, 0.15) is 0 Å². The monoisotopic (exact) mass is 350 g/mol. The van der Waals surface area contributed by atoms with E-state index in [1.165, 1.54) is 0 Å². The van der Waals surface area contributed by atoms with Crippen LogP contribution in [-0.2, 0) is 40.5 Å². The maximum atomic E-state index is 9.78. The molecule has 11 heteroatoms. The van der Waals surface area contributed by atoms with Gasteiger partial charge in [-0.05, 0) is 0 Å². The van der Waals surface area contributed by atoms with E-state index in [1.807, 2.05) is 0 Å². The van der Waals surface area contributed by atoms with E-state index in [0.29, 0.717) is 0 Å². The largest absolute Gasteiger partial charge is 0.677 e. The number of nitrogens with one attached hydrogen (secondary N) is 4. The van der Waals surface area contributed by atoms with Gasteiger partial charge < -0.3 is 21.7 Å². The van der Waals surface area contributed by atoms with Crippen molar-refractivity contribution in [1.29, 1.82) is 0 Å². The third-order valence-corrected chi connectivity index (χ3v) is 2.22. The van der Waals surface area contributed by atoms with Crippen LogP contribution in [0.1, 0.15) is 0 Å². The second-order valence-electron chi connectivity index (χ2n) is 2.14. The Morgan fingerprint density at radius 2 is 0.933 bits per heavy atom. The van der Waals surface area contributed by atoms with E-state index < -0.39 is 20.0 Å². The molecule has 0 saturated carbocycles. The molecule has 0 aliphatic rings. The fourth-order valence-corrected chi connectivity index (χ4v) is 0.806. The van der Waals surface area contributed by atoms with Crippen molar-refractivity contribution in [2.45, 2.75) is 0 Å². The summed E-state index contributed by atoms with van der Waals surface area (Å²) in [5.41, 5.74) is 12.7. The van der Waals surface area contributed by atoms with Gasteiger partial charge in [0, 0.05) is 31.9 Å². The standard InChI is InChI=1S/2C2H6N2O2S.Pd/c2*3-1-2-7(4,5)6;/h2*3H,1-2H2,(H-,4,5,6);/q2*-2;. The zero-order valence-electron chi connectivity index (χ0n) is 7.59. The predicted octanol–water partition coefficient (Wildman–Crippen LogP) is 0.839. The molecule has 15 heavy (non-hydrogen) atoms. The Bertz CT molecular complexity index is 293. The summed E-state index contributed by atoms with van der Waals surface area (Å²) in [4.78, 5) is 0. The number of hydrogen-bond acceptors (Lipinski definition) is 4. The van der Waals surface area contributed by atoms with Gasteiger partial charge >= 0.3 is 0 Å². The molecule has 0 heterocycles. The second kappa shape index (κ2) is 9.62. The summed E-state index contributed by atoms with van der Waals surface area (Å²) in [6, 6.07) is 0. The van der Waals surface area contributed by atoms with Gasteiger partial charge in [-0.3, -0.25) is 0 Å². The van der Waals surface area contributed by atoms with Crippen LogP contribution in [-0.4, -0.2) is 41.4 Å². The van der Waals surface area contributed by atoms with Crippen molar-refractivity contribution >= 4 is 20.0 Å². The average Bonchev–Trinajstić information content (AvgIpc) is 1.81. The molecule has 0 atom stereocenters. The molecule has 0 fully saturated rings. The quantitative estimate of drug-likeness (QED) is 0.686. The Balaban J connectivity index is -0.000000180. The Kier molecular flexibility index (Phi) is 13.3. The Morgan fingerprint density at radius 3 is 0.933 bits per heavy atom. The molecule has 0 aromatic rings. The molecule has 0 unspecified atom stereocenters. The molecule has 4 N–H and O–H groups in total. The Labute approximate surface area is 104 Å². The molecule has 0 amide bonds. The normalized spacial score (nSPS) is 10.9. The smallest absolute Gasteiger partial charge is 0.0682 e. The molecule has 0 aliphatic carbocycles. The topological polar surface area (TPSA) is 163 Å². The summed E-state index contributed by atoms with van der Waals surface area (Å²) in [5.74, 6) is -0.708. The van der Waals surface area contributed by atoms with Crippen LogP contribution in [0.25, 0.3) is 21.7 Å². The first-order valence-corrected chi connectivity index (χ1v) is 6.66. The van der Waals surface area contributed by atoms with Crippen molar-refractivity contribution in [3.63, 3.8) is 0 Å². The van der Waals surface area contributed by atoms with Crippen LogP contribution < -0.4 is 0 Å². The maximum Gasteiger partial charge on any atom is 0.0682 e. The molecule has 0 saturated heterocycles. The fourth-order valence-electron chi connectivity index (χ4n) is 0.269. The number of hydrogen-bond donors (Lipinski definition) is 0. The fraction of sp³-hybridized carbons (Fsp3) is 1.00. The minimum atomic E-state index is -3.61. The molecule has 0 bridgehead atoms. The predicted molar refractivity (Wildman–Crippen MR) is 54.6 cm³/mol. The van der Waals surface area contributed by atoms with Crippen LogP contribution >= 0.6 is 0 Å². The molecule has 0 radical (unpaired) electrons. The second-order valence-corrected chi connectivity index (χ2v) is 5.41. The van der Waals surface area contributed by atoms with Crippen LogP contribution in [0.2, 0.25) is 0 Å². The summed E-state index contributed by atoms with van der Waals surface area (Å²) in [7, 11) is -7.22. The van der Waals surface area contributed by atoms with Gasteiger partial charge in [-0.15, -0.1) is 13.1 Å². The molecule has 0 aromatic carbocycles. The third-order valence-electron chi connectivity index (χ3n) is 0.742. The summed E-state index contributed by atoms with van der Waals surface area (Å²) in [6.07, 6.45) is 0. The summed E-state index contributed by atoms with van der Waals surface area (Å²) in [6.45, 7) is -0.433. The molecule has 8 nitrogen and oxygen atoms in total. The maximum absolute atomic E-state index is 9.78. The summed E-state index contributed by atoms with van der Waals surface area (Å²) < 4.78 is 39.1. The first-order chi connectivity index (χ1) is 6.12. The van der Waals surface area contributed by atoms with E-state index >= 15 is 0 Å². The average molecular weight is 351 g/mol. The number of rotatable bonds is 4. The van der Waals surface area contributed by atoms with Crippen LogP contribution in [0.3, 0.4) is 0 Å². The van der Waals surface area contributed by atoms with Gasteiger partial charge in [-0.25, -0.2) is 16.8 Å². The minimum absolute atomic E-state index is 0. The van der Waals surface area contributed by atoms with Gasteiger partial charge in [-0.1, -0.05) is 0 Å². The van der Waals surface area contributed by atoms with Crippen LogP contribution in [0, 0.1) is 0 Å². The first kappa shape index (κ1) is 20.8. The minimum Gasteiger partial charge on any atom is -0.677 e. The van der Waals surface area contributed by atoms with E-state index in [0.717, 1.165) is 0 Å². The number of sulfonamides is 2. The van der Waals surface area contributed by atoms with Crippen molar-refractivity contribution in [3.8, 4) is 0 Å². The SMILES string of the molecule is [NH-]CCS([NH-])(=O)=O.[NH-]CCS([NH-])(=O)=O.[Pd]. The van der Waals surface area contributed by atoms with Crippen molar-refractivity contribution < 1.29 is 37.3 Å². The van der Waals surface area contributed by atoms with E-state index in [1.54, 1.807) is 0 Å². The summed E-state index contributed by atoms with van der Waals surface area (Å²) in [5, 5.41) is 12.4. The van der Waals surface area contributed by atoms with E-state index in [9.17, 15) is 16.8 Å². The van der Waals surface area contributed by atoms with Gasteiger partial charge in [-0.2, -0.15) is 0 Å². The van der Waals surface area contributed by atoms with Gasteiger partial charge in [0.05, 0.1) is 20.0 Å². The van der Waals surface area contributed by atoms with Crippen molar-refractivity contribution in [3.05, 3.63) is 21.7 Å². The van der Waals surface area contributed by atoms with E-state index in [2.05, 4.69) is 0 Å². The molecule has 0 aromatic heterocycles. The Hall–Kier alpha value is 0.402. The van der Waals surface area contributed by atoms with Crippen molar-refractivity contribution in [2.75, 3.05) is 24.6 Å². The van der Waals surface area contributed by atoms with E-state index in [4.69, 9.17) is 21.7 Å². The molecule has 98 valence electrons. The molecule has 0 rings (SSSR count). The third kappa shape index (κ3) is 31.4. The zero-order chi connectivity index (χ0) is 11.8. The van der Waals surface area contributed by atoms with Crippen LogP contribution in [0.4, 0.5) is 0 Å². The molecule has 0 aliphatic heterocycles. The van der Waals surface area contributed by atoms with Crippen LogP contribution in [0.15, 0.2) is 0 Å². The molecular formula is C4H12N4O4PdS2-4. The summed E-state index contributed by atoms with van der Waals surface area (Å²) >= 11 is 0. The van der Waals surface area contributed by atoms with Gasteiger partial charge in [0.15, 0.2) is 0 Å². The van der Waals surface area contributed by atoms with Crippen molar-refractivity contribution in [2.24, 2.45) is 0 Å². The van der Waals surface area contributed by atoms with E-state index in [-0.39, 0.29) is 45.0 Å². The van der Waals surface area contributed by atoms with Crippen LogP contribution in [0.5, 0.6) is 0 Å². The van der Waals surface area contributed by atoms with Gasteiger partial charge in [0.25, 0.3) is 0 Å². The Morgan fingerprint density at radius 1 is 0.733 bits per heavy atom. The van der Waals surface area contributed by atoms with Crippen molar-refractivity contribution in [1.82, 2.24) is 0 Å².